The van der Waals surface area contributed by atoms with Gasteiger partial charge in [-0.25, -0.2) is 0 Å². The van der Waals surface area contributed by atoms with Crippen LogP contribution in [0.1, 0.15) is 5.56 Å². The van der Waals surface area contributed by atoms with Crippen LogP contribution in [0.5, 0.6) is 0 Å². The summed E-state index contributed by atoms with van der Waals surface area (Å²) < 4.78 is 2.73. The van der Waals surface area contributed by atoms with E-state index in [2.05, 4.69) is 171 Å². The Labute approximate surface area is 272 Å². The molecule has 0 amide bonds. The second-order valence-corrected chi connectivity index (χ2v) is 13.1. The molecule has 0 N–H and O–H groups in total. The van der Waals surface area contributed by atoms with E-state index >= 15 is 0 Å². The van der Waals surface area contributed by atoms with Gasteiger partial charge in [-0.1, -0.05) is 152 Å². The number of rotatable bonds is 4. The number of benzene rings is 8. The van der Waals surface area contributed by atoms with E-state index in [1.165, 1.54) is 91.8 Å². The fraction of sp³-hybridized carbons (Fsp3) is 0.0222. The Morgan fingerprint density at radius 2 is 0.826 bits per heavy atom. The minimum atomic E-state index is 1.22. The van der Waals surface area contributed by atoms with E-state index in [-0.39, 0.29) is 0 Å². The highest BCUT2D eigenvalue weighted by Crippen LogP contribution is 2.45. The normalized spacial score (nSPS) is 11.6. The van der Waals surface area contributed by atoms with Crippen molar-refractivity contribution in [2.75, 3.05) is 0 Å². The van der Waals surface area contributed by atoms with Gasteiger partial charge >= 0.3 is 0 Å². The molecule has 0 spiro atoms. The van der Waals surface area contributed by atoms with E-state index in [1.807, 2.05) is 11.3 Å². The van der Waals surface area contributed by atoms with Crippen LogP contribution in [0.3, 0.4) is 0 Å². The predicted octanol–water partition coefficient (Wildman–Crippen LogP) is 13.3. The third kappa shape index (κ3) is 4.28. The summed E-state index contributed by atoms with van der Waals surface area (Å²) in [5.41, 5.74) is 11.4. The first kappa shape index (κ1) is 26.9. The summed E-state index contributed by atoms with van der Waals surface area (Å²) >= 11 is 1.91. The smallest absolute Gasteiger partial charge is 0.0433 e. The van der Waals surface area contributed by atoms with Gasteiger partial charge in [0, 0.05) is 20.2 Å². The van der Waals surface area contributed by atoms with E-state index in [1.54, 1.807) is 0 Å². The molecule has 0 fully saturated rings. The molecule has 46 heavy (non-hydrogen) atoms. The maximum absolute atomic E-state index is 2.42. The van der Waals surface area contributed by atoms with Crippen LogP contribution >= 0.6 is 11.3 Å². The van der Waals surface area contributed by atoms with Gasteiger partial charge in [-0.2, -0.15) is 0 Å². The third-order valence-corrected chi connectivity index (χ3v) is 10.8. The molecule has 1 heteroatoms. The van der Waals surface area contributed by atoms with Crippen LogP contribution in [0.4, 0.5) is 0 Å². The molecule has 0 aliphatic carbocycles. The SMILES string of the molecule is Cc1cccc2c1sc1c(-c3cccc(-c4ccc5c(-c6ccccc6)c6ccccc6c(-c6ccccc6)c5c4)c3)cccc12. The molecule has 9 rings (SSSR count). The Hall–Kier alpha value is -5.50. The van der Waals surface area contributed by atoms with Gasteiger partial charge in [0.05, 0.1) is 0 Å². The van der Waals surface area contributed by atoms with E-state index in [4.69, 9.17) is 0 Å². The zero-order valence-corrected chi connectivity index (χ0v) is 26.3. The fourth-order valence-corrected chi connectivity index (χ4v) is 8.55. The average molecular weight is 603 g/mol. The molecule has 0 bridgehead atoms. The van der Waals surface area contributed by atoms with Crippen molar-refractivity contribution in [1.82, 2.24) is 0 Å². The maximum atomic E-state index is 2.42. The van der Waals surface area contributed by atoms with Crippen LogP contribution in [-0.4, -0.2) is 0 Å². The molecule has 0 saturated carbocycles. The first-order valence-electron chi connectivity index (χ1n) is 15.9. The monoisotopic (exact) mass is 602 g/mol. The van der Waals surface area contributed by atoms with Crippen molar-refractivity contribution in [3.8, 4) is 44.5 Å². The summed E-state index contributed by atoms with van der Waals surface area (Å²) in [6, 6.07) is 60.1. The Kier molecular flexibility index (Phi) is 6.33. The molecule has 8 aromatic carbocycles. The Morgan fingerprint density at radius 3 is 1.54 bits per heavy atom. The number of hydrogen-bond donors (Lipinski definition) is 0. The highest BCUT2D eigenvalue weighted by molar-refractivity contribution is 7.26. The maximum Gasteiger partial charge on any atom is 0.0433 e. The number of aryl methyl sites for hydroxylation is 1. The number of hydrogen-bond acceptors (Lipinski definition) is 1. The zero-order chi connectivity index (χ0) is 30.6. The first-order valence-corrected chi connectivity index (χ1v) is 16.7. The lowest BCUT2D eigenvalue weighted by Gasteiger charge is -2.19. The summed E-state index contributed by atoms with van der Waals surface area (Å²) in [5.74, 6) is 0. The average Bonchev–Trinajstić information content (AvgIpc) is 3.51. The van der Waals surface area contributed by atoms with Gasteiger partial charge in [-0.15, -0.1) is 11.3 Å². The lowest BCUT2D eigenvalue weighted by atomic mass is 9.85. The van der Waals surface area contributed by atoms with Crippen LogP contribution in [0.15, 0.2) is 164 Å². The summed E-state index contributed by atoms with van der Waals surface area (Å²) in [6.07, 6.45) is 0. The zero-order valence-electron chi connectivity index (χ0n) is 25.5. The van der Waals surface area contributed by atoms with Gasteiger partial charge < -0.3 is 0 Å². The fourth-order valence-electron chi connectivity index (χ4n) is 7.24. The number of thiophene rings is 1. The van der Waals surface area contributed by atoms with Gasteiger partial charge in [0.1, 0.15) is 0 Å². The molecule has 0 atom stereocenters. The van der Waals surface area contributed by atoms with E-state index in [0.717, 1.165) is 0 Å². The van der Waals surface area contributed by atoms with Gasteiger partial charge in [0.25, 0.3) is 0 Å². The Bertz CT molecular complexity index is 2570. The molecular weight excluding hydrogens is 573 g/mol. The largest absolute Gasteiger partial charge is 0.134 e. The Balaban J connectivity index is 1.29. The second kappa shape index (κ2) is 10.8. The van der Waals surface area contributed by atoms with Crippen LogP contribution in [0.2, 0.25) is 0 Å². The quantitative estimate of drug-likeness (QED) is 0.176. The molecule has 1 heterocycles. The van der Waals surface area contributed by atoms with E-state index in [9.17, 15) is 0 Å². The van der Waals surface area contributed by atoms with Gasteiger partial charge in [0.2, 0.25) is 0 Å². The summed E-state index contributed by atoms with van der Waals surface area (Å²) in [6.45, 7) is 2.22. The lowest BCUT2D eigenvalue weighted by Crippen LogP contribution is -1.91. The molecule has 0 unspecified atom stereocenters. The molecule has 0 saturated heterocycles. The molecule has 0 aliphatic heterocycles. The van der Waals surface area contributed by atoms with Crippen LogP contribution in [0.25, 0.3) is 86.2 Å². The molecular formula is C45H30S. The molecule has 9 aromatic rings. The lowest BCUT2D eigenvalue weighted by molar-refractivity contribution is 1.56. The van der Waals surface area contributed by atoms with Crippen molar-refractivity contribution in [3.63, 3.8) is 0 Å². The standard InChI is InChI=1S/C45H30S/c1-29-13-10-23-39-40-24-12-22-35(45(40)46-44(29)39)34-19-11-18-32(27-34)33-25-26-38-41(28-33)43(31-16-6-3-7-17-31)37-21-9-8-20-36(37)42(38)30-14-4-2-5-15-30/h2-28H,1H3. The van der Waals surface area contributed by atoms with Crippen molar-refractivity contribution >= 4 is 53.1 Å². The highest BCUT2D eigenvalue weighted by Gasteiger charge is 2.18. The molecule has 216 valence electrons. The Morgan fingerprint density at radius 1 is 0.326 bits per heavy atom. The van der Waals surface area contributed by atoms with Crippen LogP contribution in [0, 0.1) is 6.92 Å². The van der Waals surface area contributed by atoms with Crippen LogP contribution in [-0.2, 0) is 0 Å². The summed E-state index contributed by atoms with van der Waals surface area (Å²) in [5, 5.41) is 7.79. The van der Waals surface area contributed by atoms with Crippen LogP contribution < -0.4 is 0 Å². The van der Waals surface area contributed by atoms with Crippen molar-refractivity contribution in [2.45, 2.75) is 6.92 Å². The minimum Gasteiger partial charge on any atom is -0.134 e. The van der Waals surface area contributed by atoms with Crippen molar-refractivity contribution < 1.29 is 0 Å². The van der Waals surface area contributed by atoms with Gasteiger partial charge in [-0.05, 0) is 90.7 Å². The third-order valence-electron chi connectivity index (χ3n) is 9.38. The molecule has 0 nitrogen and oxygen atoms in total. The molecule has 1 aromatic heterocycles. The molecule has 0 aliphatic rings. The van der Waals surface area contributed by atoms with Gasteiger partial charge in [-0.3, -0.25) is 0 Å². The van der Waals surface area contributed by atoms with Crippen molar-refractivity contribution in [2.24, 2.45) is 0 Å². The molecule has 0 radical (unpaired) electrons. The van der Waals surface area contributed by atoms with E-state index in [0.29, 0.717) is 0 Å². The summed E-state index contributed by atoms with van der Waals surface area (Å²) in [4.78, 5) is 0. The topological polar surface area (TPSA) is 0 Å². The minimum absolute atomic E-state index is 1.22. The second-order valence-electron chi connectivity index (χ2n) is 12.1. The number of fused-ring (bicyclic) bond motifs is 5. The predicted molar refractivity (Wildman–Crippen MR) is 201 cm³/mol. The van der Waals surface area contributed by atoms with E-state index < -0.39 is 0 Å². The summed E-state index contributed by atoms with van der Waals surface area (Å²) in [7, 11) is 0. The van der Waals surface area contributed by atoms with Crippen molar-refractivity contribution in [1.29, 1.82) is 0 Å². The van der Waals surface area contributed by atoms with Crippen molar-refractivity contribution in [3.05, 3.63) is 169 Å². The highest BCUT2D eigenvalue weighted by atomic mass is 32.1. The van der Waals surface area contributed by atoms with Gasteiger partial charge in [0.15, 0.2) is 0 Å². The first-order chi connectivity index (χ1) is 22.7.